The second-order valence-corrected chi connectivity index (χ2v) is 4.28. The number of nitrogens with one attached hydrogen (secondary N) is 3. The summed E-state index contributed by atoms with van der Waals surface area (Å²) in [6, 6.07) is 1.45. The van der Waals surface area contributed by atoms with Crippen LogP contribution < -0.4 is 10.9 Å². The summed E-state index contributed by atoms with van der Waals surface area (Å²) in [5.74, 6) is 2.26. The van der Waals surface area contributed by atoms with Crippen LogP contribution in [0.25, 0.3) is 0 Å². The van der Waals surface area contributed by atoms with Crippen molar-refractivity contribution in [2.24, 2.45) is 0 Å². The minimum absolute atomic E-state index is 0.143. The Balaban J connectivity index is 1.98. The van der Waals surface area contributed by atoms with E-state index in [1.165, 1.54) is 12.4 Å². The summed E-state index contributed by atoms with van der Waals surface area (Å²) in [5, 5.41) is 9.64. The zero-order valence-electron chi connectivity index (χ0n) is 10.4. The van der Waals surface area contributed by atoms with Gasteiger partial charge in [0.2, 0.25) is 0 Å². The molecule has 0 unspecified atom stereocenters. The van der Waals surface area contributed by atoms with Crippen LogP contribution in [0.2, 0.25) is 0 Å². The highest BCUT2D eigenvalue weighted by atomic mass is 16.1. The largest absolute Gasteiger partial charge is 0.369 e. The first-order valence-electron chi connectivity index (χ1n) is 5.84. The summed E-state index contributed by atoms with van der Waals surface area (Å²) in [7, 11) is 0. The van der Waals surface area contributed by atoms with Gasteiger partial charge < -0.3 is 10.3 Å². The lowest BCUT2D eigenvalue weighted by Gasteiger charge is -2.08. The molecule has 0 aliphatic rings. The van der Waals surface area contributed by atoms with E-state index < -0.39 is 0 Å². The molecule has 0 radical (unpaired) electrons. The maximum Gasteiger partial charge on any atom is 0.252 e. The Hall–Kier alpha value is -2.18. The third-order valence-electron chi connectivity index (χ3n) is 2.44. The van der Waals surface area contributed by atoms with Gasteiger partial charge in [0.15, 0.2) is 0 Å². The van der Waals surface area contributed by atoms with E-state index in [1.54, 1.807) is 0 Å². The number of anilines is 1. The van der Waals surface area contributed by atoms with Gasteiger partial charge in [0.05, 0.1) is 0 Å². The van der Waals surface area contributed by atoms with Crippen LogP contribution in [-0.2, 0) is 6.42 Å². The molecule has 2 aromatic rings. The maximum absolute atomic E-state index is 11.4. The molecule has 2 aromatic heterocycles. The molecule has 3 N–H and O–H groups in total. The quantitative estimate of drug-likeness (QED) is 0.722. The Bertz CT molecular complexity index is 545. The van der Waals surface area contributed by atoms with E-state index in [0.717, 1.165) is 5.82 Å². The monoisotopic (exact) mass is 248 g/mol. The molecule has 0 aromatic carbocycles. The van der Waals surface area contributed by atoms with Crippen molar-refractivity contribution in [3.8, 4) is 0 Å². The van der Waals surface area contributed by atoms with Gasteiger partial charge in [-0.25, -0.2) is 9.97 Å². The minimum atomic E-state index is -0.143. The molecule has 0 atom stereocenters. The molecule has 2 heterocycles. The van der Waals surface area contributed by atoms with Crippen LogP contribution in [0, 0.1) is 0 Å². The van der Waals surface area contributed by atoms with Gasteiger partial charge >= 0.3 is 0 Å². The van der Waals surface area contributed by atoms with Gasteiger partial charge in [0.1, 0.15) is 23.8 Å². The maximum atomic E-state index is 11.4. The molecule has 7 heteroatoms. The lowest BCUT2D eigenvalue weighted by molar-refractivity contribution is 0.765. The Kier molecular flexibility index (Phi) is 3.71. The lowest BCUT2D eigenvalue weighted by Crippen LogP contribution is -2.16. The minimum Gasteiger partial charge on any atom is -0.369 e. The van der Waals surface area contributed by atoms with Crippen LogP contribution in [0.5, 0.6) is 0 Å². The van der Waals surface area contributed by atoms with Gasteiger partial charge in [-0.2, -0.15) is 5.10 Å². The number of aromatic amines is 2. The molecule has 0 aliphatic carbocycles. The lowest BCUT2D eigenvalue weighted by atomic mass is 10.2. The molecule has 96 valence electrons. The topological polar surface area (TPSA) is 99.3 Å². The average molecular weight is 248 g/mol. The number of aromatic nitrogens is 5. The van der Waals surface area contributed by atoms with E-state index in [1.807, 2.05) is 13.8 Å². The fraction of sp³-hybridized carbons (Fsp3) is 0.455. The molecule has 2 rings (SSSR count). The SMILES string of the molecule is CC(C)c1nc(NCCc2ncn[nH]2)cc(=O)[nH]1. The summed E-state index contributed by atoms with van der Waals surface area (Å²) in [6.45, 7) is 4.61. The average Bonchev–Trinajstić information content (AvgIpc) is 2.81. The predicted octanol–water partition coefficient (Wildman–Crippen LogP) is 0.666. The van der Waals surface area contributed by atoms with E-state index in [4.69, 9.17) is 0 Å². The molecule has 7 nitrogen and oxygen atoms in total. The van der Waals surface area contributed by atoms with Crippen LogP contribution in [0.4, 0.5) is 5.82 Å². The zero-order chi connectivity index (χ0) is 13.0. The van der Waals surface area contributed by atoms with E-state index in [2.05, 4.69) is 30.5 Å². The Morgan fingerprint density at radius 1 is 1.44 bits per heavy atom. The van der Waals surface area contributed by atoms with E-state index in [-0.39, 0.29) is 11.5 Å². The molecule has 0 amide bonds. The van der Waals surface area contributed by atoms with Crippen molar-refractivity contribution in [2.45, 2.75) is 26.2 Å². The number of rotatable bonds is 5. The van der Waals surface area contributed by atoms with Gasteiger partial charge in [-0.15, -0.1) is 0 Å². The smallest absolute Gasteiger partial charge is 0.252 e. The predicted molar refractivity (Wildman–Crippen MR) is 67.5 cm³/mol. The Morgan fingerprint density at radius 2 is 2.28 bits per heavy atom. The second kappa shape index (κ2) is 5.44. The summed E-state index contributed by atoms with van der Waals surface area (Å²) < 4.78 is 0. The third-order valence-corrected chi connectivity index (χ3v) is 2.44. The molecule has 18 heavy (non-hydrogen) atoms. The Labute approximate surface area is 104 Å². The highest BCUT2D eigenvalue weighted by Gasteiger charge is 2.05. The standard InChI is InChI=1S/C11H16N6O/c1-7(2)11-15-9(5-10(18)16-11)12-4-3-8-13-6-14-17-8/h5-7H,3-4H2,1-2H3,(H,13,14,17)(H2,12,15,16,18). The first kappa shape index (κ1) is 12.3. The molecule has 0 saturated heterocycles. The molecule has 0 saturated carbocycles. The molecule has 0 spiro atoms. The fourth-order valence-corrected chi connectivity index (χ4v) is 1.50. The first-order chi connectivity index (χ1) is 8.65. The third kappa shape index (κ3) is 3.16. The van der Waals surface area contributed by atoms with Crippen molar-refractivity contribution < 1.29 is 0 Å². The van der Waals surface area contributed by atoms with Crippen molar-refractivity contribution in [1.82, 2.24) is 25.1 Å². The normalized spacial score (nSPS) is 10.8. The van der Waals surface area contributed by atoms with Crippen molar-refractivity contribution >= 4 is 5.82 Å². The van der Waals surface area contributed by atoms with Crippen molar-refractivity contribution in [2.75, 3.05) is 11.9 Å². The van der Waals surface area contributed by atoms with Gasteiger partial charge in [0, 0.05) is 24.9 Å². The summed E-state index contributed by atoms with van der Waals surface area (Å²) in [6.07, 6.45) is 2.17. The van der Waals surface area contributed by atoms with Crippen molar-refractivity contribution in [3.05, 3.63) is 34.4 Å². The number of hydrogen-bond acceptors (Lipinski definition) is 5. The van der Waals surface area contributed by atoms with Gasteiger partial charge in [-0.1, -0.05) is 13.8 Å². The fourth-order valence-electron chi connectivity index (χ4n) is 1.50. The van der Waals surface area contributed by atoms with Crippen molar-refractivity contribution in [3.63, 3.8) is 0 Å². The second-order valence-electron chi connectivity index (χ2n) is 4.28. The number of hydrogen-bond donors (Lipinski definition) is 3. The van der Waals surface area contributed by atoms with Crippen LogP contribution in [-0.4, -0.2) is 31.7 Å². The Morgan fingerprint density at radius 3 is 2.94 bits per heavy atom. The molecule has 0 aliphatic heterocycles. The van der Waals surface area contributed by atoms with Crippen LogP contribution in [0.1, 0.15) is 31.4 Å². The van der Waals surface area contributed by atoms with E-state index in [0.29, 0.717) is 24.6 Å². The first-order valence-corrected chi connectivity index (χ1v) is 5.84. The summed E-state index contributed by atoms with van der Waals surface area (Å²) >= 11 is 0. The van der Waals surface area contributed by atoms with Crippen LogP contribution in [0.15, 0.2) is 17.2 Å². The number of nitrogens with zero attached hydrogens (tertiary/aromatic N) is 3. The zero-order valence-corrected chi connectivity index (χ0v) is 10.4. The summed E-state index contributed by atoms with van der Waals surface area (Å²) in [5.41, 5.74) is -0.143. The highest BCUT2D eigenvalue weighted by molar-refractivity contribution is 5.33. The van der Waals surface area contributed by atoms with E-state index >= 15 is 0 Å². The van der Waals surface area contributed by atoms with Crippen LogP contribution in [0.3, 0.4) is 0 Å². The molecular formula is C11H16N6O. The van der Waals surface area contributed by atoms with Gasteiger partial charge in [0.25, 0.3) is 5.56 Å². The number of H-pyrrole nitrogens is 2. The highest BCUT2D eigenvalue weighted by Crippen LogP contribution is 2.08. The molecular weight excluding hydrogens is 232 g/mol. The molecule has 0 fully saturated rings. The van der Waals surface area contributed by atoms with E-state index in [9.17, 15) is 4.79 Å². The van der Waals surface area contributed by atoms with Gasteiger partial charge in [-0.3, -0.25) is 9.89 Å². The summed E-state index contributed by atoms with van der Waals surface area (Å²) in [4.78, 5) is 22.5. The van der Waals surface area contributed by atoms with Crippen LogP contribution >= 0.6 is 0 Å². The van der Waals surface area contributed by atoms with Gasteiger partial charge in [-0.05, 0) is 0 Å². The van der Waals surface area contributed by atoms with Crippen molar-refractivity contribution in [1.29, 1.82) is 0 Å². The molecule has 0 bridgehead atoms.